The molecule has 2 rings (SSSR count). The van der Waals surface area contributed by atoms with Gasteiger partial charge < -0.3 is 5.73 Å². The summed E-state index contributed by atoms with van der Waals surface area (Å²) >= 11 is 0. The van der Waals surface area contributed by atoms with Crippen molar-refractivity contribution in [3.05, 3.63) is 35.4 Å². The maximum absolute atomic E-state index is 12.1. The van der Waals surface area contributed by atoms with Crippen molar-refractivity contribution in [2.45, 2.75) is 45.3 Å². The molecule has 114 valence electrons. The van der Waals surface area contributed by atoms with Gasteiger partial charge in [-0.3, -0.25) is 19.8 Å². The van der Waals surface area contributed by atoms with Crippen LogP contribution in [0.5, 0.6) is 0 Å². The first-order chi connectivity index (χ1) is 9.73. The minimum absolute atomic E-state index is 0.166. The van der Waals surface area contributed by atoms with Gasteiger partial charge in [-0.25, -0.2) is 0 Å². The number of nitrogens with zero attached hydrogens (tertiary/aromatic N) is 1. The van der Waals surface area contributed by atoms with Crippen LogP contribution in [-0.4, -0.2) is 34.8 Å². The Morgan fingerprint density at radius 2 is 2.00 bits per heavy atom. The zero-order valence-corrected chi connectivity index (χ0v) is 13.0. The van der Waals surface area contributed by atoms with Gasteiger partial charge in [0.1, 0.15) is 0 Å². The van der Waals surface area contributed by atoms with E-state index in [1.54, 1.807) is 0 Å². The lowest BCUT2D eigenvalue weighted by molar-refractivity contribution is -0.147. The maximum atomic E-state index is 12.1. The van der Waals surface area contributed by atoms with Crippen molar-refractivity contribution in [2.75, 3.05) is 6.54 Å². The number of benzene rings is 1. The molecule has 5 heteroatoms. The summed E-state index contributed by atoms with van der Waals surface area (Å²) in [4.78, 5) is 25.8. The van der Waals surface area contributed by atoms with Gasteiger partial charge in [-0.05, 0) is 33.3 Å². The van der Waals surface area contributed by atoms with Crippen LogP contribution in [0.25, 0.3) is 0 Å². The predicted molar refractivity (Wildman–Crippen MR) is 81.5 cm³/mol. The average molecular weight is 289 g/mol. The van der Waals surface area contributed by atoms with E-state index >= 15 is 0 Å². The fourth-order valence-corrected chi connectivity index (χ4v) is 2.87. The monoisotopic (exact) mass is 289 g/mol. The van der Waals surface area contributed by atoms with E-state index in [0.29, 0.717) is 0 Å². The van der Waals surface area contributed by atoms with Crippen LogP contribution in [0.15, 0.2) is 24.3 Å². The Balaban J connectivity index is 2.46. The molecule has 2 atom stereocenters. The number of hydrogen-bond acceptors (Lipinski definition) is 4. The lowest BCUT2D eigenvalue weighted by Crippen LogP contribution is -2.66. The zero-order valence-electron chi connectivity index (χ0n) is 13.0. The first-order valence-corrected chi connectivity index (χ1v) is 7.16. The molecule has 1 aliphatic rings. The van der Waals surface area contributed by atoms with Gasteiger partial charge in [0.15, 0.2) is 0 Å². The van der Waals surface area contributed by atoms with E-state index < -0.39 is 5.54 Å². The van der Waals surface area contributed by atoms with E-state index in [4.69, 9.17) is 5.73 Å². The van der Waals surface area contributed by atoms with Crippen molar-refractivity contribution in [1.29, 1.82) is 0 Å². The number of amides is 2. The van der Waals surface area contributed by atoms with Crippen molar-refractivity contribution in [3.63, 3.8) is 0 Å². The van der Waals surface area contributed by atoms with E-state index in [2.05, 4.69) is 11.4 Å². The highest BCUT2D eigenvalue weighted by molar-refractivity contribution is 6.03. The van der Waals surface area contributed by atoms with Gasteiger partial charge in [0.05, 0.1) is 18.1 Å². The molecule has 0 bridgehead atoms. The minimum atomic E-state index is -0.782. The molecule has 2 unspecified atom stereocenters. The summed E-state index contributed by atoms with van der Waals surface area (Å²) in [5.74, 6) is -0.560. The SMILES string of the molecule is Cc1cccc(C(C(C)N)N2CC(=O)NC(=O)C2(C)C)c1. The number of imide groups is 1. The van der Waals surface area contributed by atoms with Crippen molar-refractivity contribution >= 4 is 11.8 Å². The Hall–Kier alpha value is -1.72. The number of carbonyl (C=O) groups excluding carboxylic acids is 2. The molecular formula is C16H23N3O2. The third kappa shape index (κ3) is 2.99. The van der Waals surface area contributed by atoms with Gasteiger partial charge >= 0.3 is 0 Å². The van der Waals surface area contributed by atoms with Gasteiger partial charge in [0.25, 0.3) is 0 Å². The largest absolute Gasteiger partial charge is 0.326 e. The first kappa shape index (κ1) is 15.7. The average Bonchev–Trinajstić information content (AvgIpc) is 2.35. The smallest absolute Gasteiger partial charge is 0.246 e. The summed E-state index contributed by atoms with van der Waals surface area (Å²) in [6.07, 6.45) is 0. The summed E-state index contributed by atoms with van der Waals surface area (Å²) in [5.41, 5.74) is 7.55. The molecule has 1 heterocycles. The molecule has 1 aliphatic heterocycles. The van der Waals surface area contributed by atoms with Crippen LogP contribution in [0, 0.1) is 6.92 Å². The molecular weight excluding hydrogens is 266 g/mol. The number of nitrogens with one attached hydrogen (secondary N) is 1. The Kier molecular flexibility index (Phi) is 4.16. The standard InChI is InChI=1S/C16H23N3O2/c1-10-6-5-7-12(8-10)14(11(2)17)19-9-13(20)18-15(21)16(19,3)4/h5-8,11,14H,9,17H2,1-4H3,(H,18,20,21). The van der Waals surface area contributed by atoms with Gasteiger partial charge in [-0.15, -0.1) is 0 Å². The Labute approximate surface area is 125 Å². The van der Waals surface area contributed by atoms with Crippen molar-refractivity contribution in [3.8, 4) is 0 Å². The highest BCUT2D eigenvalue weighted by Gasteiger charge is 2.45. The fourth-order valence-electron chi connectivity index (χ4n) is 2.87. The van der Waals surface area contributed by atoms with E-state index in [-0.39, 0.29) is 30.4 Å². The Morgan fingerprint density at radius 1 is 1.33 bits per heavy atom. The summed E-state index contributed by atoms with van der Waals surface area (Å²) in [6.45, 7) is 7.72. The van der Waals surface area contributed by atoms with E-state index in [1.165, 1.54) is 0 Å². The maximum Gasteiger partial charge on any atom is 0.246 e. The van der Waals surface area contributed by atoms with Gasteiger partial charge in [-0.2, -0.15) is 0 Å². The normalized spacial score (nSPS) is 21.8. The summed E-state index contributed by atoms with van der Waals surface area (Å²) < 4.78 is 0. The highest BCUT2D eigenvalue weighted by atomic mass is 16.2. The van der Waals surface area contributed by atoms with Crippen molar-refractivity contribution in [1.82, 2.24) is 10.2 Å². The first-order valence-electron chi connectivity index (χ1n) is 7.16. The van der Waals surface area contributed by atoms with Crippen LogP contribution in [-0.2, 0) is 9.59 Å². The van der Waals surface area contributed by atoms with Crippen molar-refractivity contribution in [2.24, 2.45) is 5.73 Å². The van der Waals surface area contributed by atoms with Crippen LogP contribution in [0.4, 0.5) is 0 Å². The zero-order chi connectivity index (χ0) is 15.8. The van der Waals surface area contributed by atoms with Crippen LogP contribution in [0.2, 0.25) is 0 Å². The van der Waals surface area contributed by atoms with Crippen LogP contribution < -0.4 is 11.1 Å². The number of nitrogens with two attached hydrogens (primary N) is 1. The Morgan fingerprint density at radius 3 is 2.57 bits per heavy atom. The molecule has 0 saturated carbocycles. The number of rotatable bonds is 3. The van der Waals surface area contributed by atoms with Gasteiger partial charge in [0.2, 0.25) is 11.8 Å². The second kappa shape index (κ2) is 5.58. The molecule has 0 aromatic heterocycles. The molecule has 1 aromatic rings. The third-order valence-corrected chi connectivity index (χ3v) is 4.06. The molecule has 2 amide bonds. The Bertz CT molecular complexity index is 566. The van der Waals surface area contributed by atoms with E-state index in [1.807, 2.05) is 50.8 Å². The topological polar surface area (TPSA) is 75.4 Å². The molecule has 3 N–H and O–H groups in total. The minimum Gasteiger partial charge on any atom is -0.326 e. The molecule has 1 saturated heterocycles. The molecule has 1 fully saturated rings. The van der Waals surface area contributed by atoms with Crippen LogP contribution in [0.3, 0.4) is 0 Å². The summed E-state index contributed by atoms with van der Waals surface area (Å²) in [7, 11) is 0. The summed E-state index contributed by atoms with van der Waals surface area (Å²) in [6, 6.07) is 7.65. The molecule has 21 heavy (non-hydrogen) atoms. The number of aryl methyl sites for hydroxylation is 1. The third-order valence-electron chi connectivity index (χ3n) is 4.06. The van der Waals surface area contributed by atoms with Crippen molar-refractivity contribution < 1.29 is 9.59 Å². The fraction of sp³-hybridized carbons (Fsp3) is 0.500. The molecule has 0 radical (unpaired) electrons. The van der Waals surface area contributed by atoms with E-state index in [9.17, 15) is 9.59 Å². The number of hydrogen-bond donors (Lipinski definition) is 2. The second-order valence-electron chi connectivity index (χ2n) is 6.28. The van der Waals surface area contributed by atoms with Crippen LogP contribution >= 0.6 is 0 Å². The number of carbonyl (C=O) groups is 2. The summed E-state index contributed by atoms with van der Waals surface area (Å²) in [5, 5.41) is 2.40. The quantitative estimate of drug-likeness (QED) is 0.818. The van der Waals surface area contributed by atoms with Crippen LogP contribution in [0.1, 0.15) is 37.9 Å². The van der Waals surface area contributed by atoms with E-state index in [0.717, 1.165) is 11.1 Å². The van der Waals surface area contributed by atoms with Gasteiger partial charge in [0, 0.05) is 6.04 Å². The predicted octanol–water partition coefficient (Wildman–Crippen LogP) is 1.12. The molecule has 0 aliphatic carbocycles. The molecule has 1 aromatic carbocycles. The lowest BCUT2D eigenvalue weighted by atomic mass is 9.90. The number of piperazine rings is 1. The molecule has 0 spiro atoms. The van der Waals surface area contributed by atoms with Gasteiger partial charge in [-0.1, -0.05) is 29.8 Å². The molecule has 5 nitrogen and oxygen atoms in total. The highest BCUT2D eigenvalue weighted by Crippen LogP contribution is 2.32. The second-order valence-corrected chi connectivity index (χ2v) is 6.28. The lowest BCUT2D eigenvalue weighted by Gasteiger charge is -2.46.